The van der Waals surface area contributed by atoms with Gasteiger partial charge in [0.1, 0.15) is 11.5 Å². The number of hydrogen-bond acceptors (Lipinski definition) is 4. The van der Waals surface area contributed by atoms with Gasteiger partial charge in [0.05, 0.1) is 13.1 Å². The van der Waals surface area contributed by atoms with Crippen molar-refractivity contribution in [3.8, 4) is 0 Å². The van der Waals surface area contributed by atoms with Crippen molar-refractivity contribution in [2.75, 3.05) is 33.2 Å². The Labute approximate surface area is 126 Å². The van der Waals surface area contributed by atoms with Crippen LogP contribution in [0.15, 0.2) is 16.5 Å². The lowest BCUT2D eigenvalue weighted by Crippen LogP contribution is -2.49. The number of rotatable bonds is 4. The monoisotopic (exact) mass is 291 g/mol. The van der Waals surface area contributed by atoms with Crippen LogP contribution < -0.4 is 5.32 Å². The number of furan rings is 1. The molecule has 0 aromatic carbocycles. The first-order valence-electron chi connectivity index (χ1n) is 7.87. The summed E-state index contributed by atoms with van der Waals surface area (Å²) in [7, 11) is 1.86. The molecule has 3 rings (SSSR count). The maximum atomic E-state index is 12.4. The standard InChI is InChI=1S/C16H25N3O2/c1-12-5-6-14(21-12)10-18(2)16(20)11-19-7-3-4-13-8-17-9-15(13)19/h5-6,13,15,17H,3-4,7-11H2,1-2H3. The molecule has 1 aromatic rings. The van der Waals surface area contributed by atoms with E-state index in [2.05, 4.69) is 10.2 Å². The number of piperidine rings is 1. The van der Waals surface area contributed by atoms with Gasteiger partial charge in [0.2, 0.25) is 5.91 Å². The number of hydrogen-bond donors (Lipinski definition) is 1. The van der Waals surface area contributed by atoms with E-state index in [0.29, 0.717) is 19.1 Å². The molecule has 3 heterocycles. The molecule has 2 fully saturated rings. The van der Waals surface area contributed by atoms with E-state index >= 15 is 0 Å². The number of fused-ring (bicyclic) bond motifs is 1. The van der Waals surface area contributed by atoms with E-state index in [-0.39, 0.29) is 5.91 Å². The number of nitrogens with one attached hydrogen (secondary N) is 1. The van der Waals surface area contributed by atoms with Crippen molar-refractivity contribution in [2.45, 2.75) is 32.4 Å². The van der Waals surface area contributed by atoms with Crippen molar-refractivity contribution in [3.05, 3.63) is 23.7 Å². The summed E-state index contributed by atoms with van der Waals surface area (Å²) in [5, 5.41) is 3.46. The van der Waals surface area contributed by atoms with Crippen molar-refractivity contribution < 1.29 is 9.21 Å². The fourth-order valence-electron chi connectivity index (χ4n) is 3.55. The predicted octanol–water partition coefficient (Wildman–Crippen LogP) is 1.23. The maximum Gasteiger partial charge on any atom is 0.236 e. The fourth-order valence-corrected chi connectivity index (χ4v) is 3.55. The van der Waals surface area contributed by atoms with Gasteiger partial charge in [-0.2, -0.15) is 0 Å². The SMILES string of the molecule is Cc1ccc(CN(C)C(=O)CN2CCCC3CNCC32)o1. The van der Waals surface area contributed by atoms with E-state index in [1.54, 1.807) is 4.90 Å². The number of likely N-dealkylation sites (tertiary alicyclic amines) is 1. The number of amides is 1. The van der Waals surface area contributed by atoms with Gasteiger partial charge in [-0.05, 0) is 50.9 Å². The highest BCUT2D eigenvalue weighted by Crippen LogP contribution is 2.26. The molecule has 0 saturated carbocycles. The van der Waals surface area contributed by atoms with Crippen molar-refractivity contribution in [2.24, 2.45) is 5.92 Å². The molecule has 5 nitrogen and oxygen atoms in total. The molecule has 2 saturated heterocycles. The molecule has 0 aliphatic carbocycles. The maximum absolute atomic E-state index is 12.4. The van der Waals surface area contributed by atoms with Gasteiger partial charge in [0.25, 0.3) is 0 Å². The lowest BCUT2D eigenvalue weighted by Gasteiger charge is -2.37. The zero-order chi connectivity index (χ0) is 14.8. The molecule has 2 atom stereocenters. The highest BCUT2D eigenvalue weighted by atomic mass is 16.3. The van der Waals surface area contributed by atoms with Gasteiger partial charge in [0.15, 0.2) is 0 Å². The number of carbonyl (C=O) groups excluding carboxylic acids is 1. The first-order chi connectivity index (χ1) is 10.1. The molecule has 1 N–H and O–H groups in total. The summed E-state index contributed by atoms with van der Waals surface area (Å²) in [6, 6.07) is 4.42. The second-order valence-electron chi connectivity index (χ2n) is 6.36. The molecular formula is C16H25N3O2. The van der Waals surface area contributed by atoms with Gasteiger partial charge in [-0.15, -0.1) is 0 Å². The van der Waals surface area contributed by atoms with Crippen LogP contribution in [0.25, 0.3) is 0 Å². The van der Waals surface area contributed by atoms with Crippen LogP contribution in [0, 0.1) is 12.8 Å². The van der Waals surface area contributed by atoms with Crippen LogP contribution in [0.1, 0.15) is 24.4 Å². The largest absolute Gasteiger partial charge is 0.464 e. The van der Waals surface area contributed by atoms with E-state index < -0.39 is 0 Å². The first kappa shape index (κ1) is 14.6. The average Bonchev–Trinajstić information content (AvgIpc) is 3.08. The van der Waals surface area contributed by atoms with E-state index in [1.807, 2.05) is 26.1 Å². The fraction of sp³-hybridized carbons (Fsp3) is 0.688. The normalized spacial score (nSPS) is 25.8. The molecular weight excluding hydrogens is 266 g/mol. The minimum absolute atomic E-state index is 0.177. The van der Waals surface area contributed by atoms with Gasteiger partial charge in [-0.3, -0.25) is 9.69 Å². The second-order valence-corrected chi connectivity index (χ2v) is 6.36. The van der Waals surface area contributed by atoms with Gasteiger partial charge >= 0.3 is 0 Å². The lowest BCUT2D eigenvalue weighted by atomic mass is 9.92. The smallest absolute Gasteiger partial charge is 0.236 e. The van der Waals surface area contributed by atoms with Gasteiger partial charge in [-0.25, -0.2) is 0 Å². The second kappa shape index (κ2) is 6.20. The Morgan fingerprint density at radius 2 is 2.33 bits per heavy atom. The van der Waals surface area contributed by atoms with E-state index in [4.69, 9.17) is 4.42 Å². The molecule has 2 unspecified atom stereocenters. The topological polar surface area (TPSA) is 48.7 Å². The molecule has 0 bridgehead atoms. The highest BCUT2D eigenvalue weighted by Gasteiger charge is 2.35. The molecule has 5 heteroatoms. The molecule has 1 aromatic heterocycles. The summed E-state index contributed by atoms with van der Waals surface area (Å²) in [6.07, 6.45) is 2.50. The summed E-state index contributed by atoms with van der Waals surface area (Å²) in [5.41, 5.74) is 0. The van der Waals surface area contributed by atoms with Crippen LogP contribution in [0.3, 0.4) is 0 Å². The Morgan fingerprint density at radius 1 is 1.48 bits per heavy atom. The van der Waals surface area contributed by atoms with Crippen LogP contribution in [0.5, 0.6) is 0 Å². The zero-order valence-electron chi connectivity index (χ0n) is 13.0. The summed E-state index contributed by atoms with van der Waals surface area (Å²) >= 11 is 0. The first-order valence-corrected chi connectivity index (χ1v) is 7.87. The van der Waals surface area contributed by atoms with E-state index in [0.717, 1.165) is 37.1 Å². The number of nitrogens with zero attached hydrogens (tertiary/aromatic N) is 2. The third-order valence-electron chi connectivity index (χ3n) is 4.75. The minimum atomic E-state index is 0.177. The quantitative estimate of drug-likeness (QED) is 0.906. The van der Waals surface area contributed by atoms with Gasteiger partial charge < -0.3 is 14.6 Å². The summed E-state index contributed by atoms with van der Waals surface area (Å²) < 4.78 is 5.55. The van der Waals surface area contributed by atoms with Crippen LogP contribution in [-0.4, -0.2) is 55.0 Å². The Balaban J connectivity index is 1.55. The van der Waals surface area contributed by atoms with Crippen molar-refractivity contribution >= 4 is 5.91 Å². The Hall–Kier alpha value is -1.33. The van der Waals surface area contributed by atoms with Crippen LogP contribution in [0.2, 0.25) is 0 Å². The third kappa shape index (κ3) is 3.30. The van der Waals surface area contributed by atoms with Crippen LogP contribution in [-0.2, 0) is 11.3 Å². The zero-order valence-corrected chi connectivity index (χ0v) is 13.0. The minimum Gasteiger partial charge on any atom is -0.464 e. The summed E-state index contributed by atoms with van der Waals surface area (Å²) in [6.45, 7) is 6.18. The van der Waals surface area contributed by atoms with Gasteiger partial charge in [-0.1, -0.05) is 0 Å². The summed E-state index contributed by atoms with van der Waals surface area (Å²) in [5.74, 6) is 2.64. The average molecular weight is 291 g/mol. The predicted molar refractivity (Wildman–Crippen MR) is 80.9 cm³/mol. The lowest BCUT2D eigenvalue weighted by molar-refractivity contribution is -0.133. The van der Waals surface area contributed by atoms with Crippen LogP contribution >= 0.6 is 0 Å². The summed E-state index contributed by atoms with van der Waals surface area (Å²) in [4.78, 5) is 16.6. The number of likely N-dealkylation sites (N-methyl/N-ethyl adjacent to an activating group) is 1. The Morgan fingerprint density at radius 3 is 3.10 bits per heavy atom. The van der Waals surface area contributed by atoms with E-state index in [1.165, 1.54) is 12.8 Å². The molecule has 0 spiro atoms. The van der Waals surface area contributed by atoms with E-state index in [9.17, 15) is 4.79 Å². The number of carbonyl (C=O) groups is 1. The molecule has 1 amide bonds. The molecule has 2 aliphatic rings. The van der Waals surface area contributed by atoms with Crippen molar-refractivity contribution in [1.29, 1.82) is 0 Å². The van der Waals surface area contributed by atoms with Crippen molar-refractivity contribution in [3.63, 3.8) is 0 Å². The Kier molecular flexibility index (Phi) is 4.31. The molecule has 0 radical (unpaired) electrons. The molecule has 21 heavy (non-hydrogen) atoms. The highest BCUT2D eigenvalue weighted by molar-refractivity contribution is 5.78. The van der Waals surface area contributed by atoms with Gasteiger partial charge in [0, 0.05) is 19.6 Å². The molecule has 2 aliphatic heterocycles. The van der Waals surface area contributed by atoms with Crippen molar-refractivity contribution in [1.82, 2.24) is 15.1 Å². The number of aryl methyl sites for hydroxylation is 1. The third-order valence-corrected chi connectivity index (χ3v) is 4.75. The Bertz CT molecular complexity index is 499. The van der Waals surface area contributed by atoms with Crippen LogP contribution in [0.4, 0.5) is 0 Å². The molecule has 116 valence electrons.